The molecule has 0 aliphatic heterocycles. The molecule has 0 fully saturated rings. The highest BCUT2D eigenvalue weighted by atomic mass is 35.5. The van der Waals surface area contributed by atoms with Gasteiger partial charge in [-0.1, -0.05) is 23.7 Å². The van der Waals surface area contributed by atoms with E-state index in [0.717, 1.165) is 5.69 Å². The van der Waals surface area contributed by atoms with Gasteiger partial charge in [0.2, 0.25) is 0 Å². The van der Waals surface area contributed by atoms with Crippen LogP contribution < -0.4 is 5.32 Å². The van der Waals surface area contributed by atoms with Crippen molar-refractivity contribution in [1.29, 1.82) is 0 Å². The van der Waals surface area contributed by atoms with Crippen molar-refractivity contribution in [3.05, 3.63) is 46.7 Å². The van der Waals surface area contributed by atoms with Gasteiger partial charge in [0.25, 0.3) is 5.91 Å². The highest BCUT2D eigenvalue weighted by Crippen LogP contribution is 2.21. The van der Waals surface area contributed by atoms with E-state index in [9.17, 15) is 9.59 Å². The molecule has 8 heteroatoms. The molecule has 0 spiro atoms. The van der Waals surface area contributed by atoms with Gasteiger partial charge in [0.05, 0.1) is 29.3 Å². The lowest BCUT2D eigenvalue weighted by Gasteiger charge is -2.28. The number of benzene rings is 1. The summed E-state index contributed by atoms with van der Waals surface area (Å²) >= 11 is 6.18. The van der Waals surface area contributed by atoms with E-state index in [2.05, 4.69) is 10.4 Å². The molecule has 0 saturated heterocycles. The standard InChI is InChI=1S/C17H20ClN3O4/c1-11-8-13(20-21(11)14-7-5-4-6-12(14)18)16(24)19-17(2,10-25-3)9-15(22)23/h4-8H,9-10H2,1-3H3,(H,19,24)(H,22,23). The van der Waals surface area contributed by atoms with Gasteiger partial charge in [-0.3, -0.25) is 9.59 Å². The van der Waals surface area contributed by atoms with E-state index < -0.39 is 17.4 Å². The van der Waals surface area contributed by atoms with Gasteiger partial charge in [-0.05, 0) is 32.0 Å². The Balaban J connectivity index is 2.27. The molecule has 25 heavy (non-hydrogen) atoms. The normalized spacial score (nSPS) is 13.3. The maximum atomic E-state index is 12.5. The number of methoxy groups -OCH3 is 1. The van der Waals surface area contributed by atoms with Gasteiger partial charge in [-0.25, -0.2) is 4.68 Å². The molecule has 2 aromatic rings. The van der Waals surface area contributed by atoms with Crippen LogP contribution in [0.15, 0.2) is 30.3 Å². The van der Waals surface area contributed by atoms with Crippen LogP contribution in [0.2, 0.25) is 5.02 Å². The molecule has 0 aliphatic rings. The number of aromatic nitrogens is 2. The molecule has 134 valence electrons. The van der Waals surface area contributed by atoms with E-state index in [-0.39, 0.29) is 18.7 Å². The quantitative estimate of drug-likeness (QED) is 0.786. The van der Waals surface area contributed by atoms with E-state index in [1.165, 1.54) is 7.11 Å². The number of hydrogen-bond donors (Lipinski definition) is 2. The summed E-state index contributed by atoms with van der Waals surface area (Å²) in [7, 11) is 1.45. The minimum Gasteiger partial charge on any atom is -0.481 e. The summed E-state index contributed by atoms with van der Waals surface area (Å²) in [6.07, 6.45) is -0.267. The number of aliphatic carboxylic acids is 1. The predicted molar refractivity (Wildman–Crippen MR) is 93.3 cm³/mol. The number of amides is 1. The van der Waals surface area contributed by atoms with E-state index in [1.807, 2.05) is 6.07 Å². The Bertz CT molecular complexity index is 790. The number of carboxylic acid groups (broad SMARTS) is 1. The number of carbonyl (C=O) groups excluding carboxylic acids is 1. The molecule has 2 N–H and O–H groups in total. The molecule has 0 bridgehead atoms. The SMILES string of the molecule is COCC(C)(CC(=O)O)NC(=O)c1cc(C)n(-c2ccccc2Cl)n1. The fraction of sp³-hybridized carbons (Fsp3) is 0.353. The number of rotatable bonds is 7. The Morgan fingerprint density at radius 2 is 2.08 bits per heavy atom. The highest BCUT2D eigenvalue weighted by molar-refractivity contribution is 6.32. The molecule has 1 aromatic carbocycles. The summed E-state index contributed by atoms with van der Waals surface area (Å²) in [6, 6.07) is 8.78. The average Bonchev–Trinajstić information content (AvgIpc) is 2.89. The van der Waals surface area contributed by atoms with Crippen LogP contribution in [0, 0.1) is 6.92 Å². The minimum absolute atomic E-state index is 0.0647. The van der Waals surface area contributed by atoms with Crippen molar-refractivity contribution in [2.24, 2.45) is 0 Å². The number of hydrogen-bond acceptors (Lipinski definition) is 4. The fourth-order valence-corrected chi connectivity index (χ4v) is 2.79. The summed E-state index contributed by atoms with van der Waals surface area (Å²) < 4.78 is 6.61. The van der Waals surface area contributed by atoms with Crippen molar-refractivity contribution in [2.45, 2.75) is 25.8 Å². The van der Waals surface area contributed by atoms with Crippen molar-refractivity contribution in [3.8, 4) is 5.69 Å². The number of carbonyl (C=O) groups is 2. The van der Waals surface area contributed by atoms with Crippen molar-refractivity contribution in [1.82, 2.24) is 15.1 Å². The van der Waals surface area contributed by atoms with Gasteiger partial charge in [0.1, 0.15) is 0 Å². The highest BCUT2D eigenvalue weighted by Gasteiger charge is 2.31. The first-order valence-electron chi connectivity index (χ1n) is 7.60. The lowest BCUT2D eigenvalue weighted by atomic mass is 9.98. The zero-order valence-corrected chi connectivity index (χ0v) is 15.0. The number of nitrogens with zero attached hydrogens (tertiary/aromatic N) is 2. The third kappa shape index (κ3) is 4.58. The molecular formula is C17H20ClN3O4. The van der Waals surface area contributed by atoms with E-state index in [0.29, 0.717) is 10.7 Å². The lowest BCUT2D eigenvalue weighted by Crippen LogP contribution is -2.50. The topological polar surface area (TPSA) is 93.5 Å². The second-order valence-electron chi connectivity index (χ2n) is 6.05. The molecule has 0 aliphatic carbocycles. The third-order valence-corrected chi connectivity index (χ3v) is 3.94. The van der Waals surface area contributed by atoms with Crippen LogP contribution in [-0.2, 0) is 9.53 Å². The number of para-hydroxylation sites is 1. The number of aryl methyl sites for hydroxylation is 1. The van der Waals surface area contributed by atoms with Gasteiger partial charge in [-0.2, -0.15) is 5.10 Å². The van der Waals surface area contributed by atoms with E-state index in [4.69, 9.17) is 21.4 Å². The Morgan fingerprint density at radius 1 is 1.40 bits per heavy atom. The Morgan fingerprint density at radius 3 is 2.68 bits per heavy atom. The first kappa shape index (κ1) is 19.0. The zero-order valence-electron chi connectivity index (χ0n) is 14.2. The molecule has 1 atom stereocenters. The number of nitrogens with one attached hydrogen (secondary N) is 1. The van der Waals surface area contributed by atoms with Crippen LogP contribution in [-0.4, -0.2) is 46.0 Å². The van der Waals surface area contributed by atoms with E-state index >= 15 is 0 Å². The van der Waals surface area contributed by atoms with Gasteiger partial charge in [0.15, 0.2) is 5.69 Å². The maximum absolute atomic E-state index is 12.5. The monoisotopic (exact) mass is 365 g/mol. The zero-order chi connectivity index (χ0) is 18.6. The molecular weight excluding hydrogens is 346 g/mol. The van der Waals surface area contributed by atoms with Crippen LogP contribution in [0.25, 0.3) is 5.69 Å². The van der Waals surface area contributed by atoms with Gasteiger partial charge in [-0.15, -0.1) is 0 Å². The summed E-state index contributed by atoms with van der Waals surface area (Å²) in [5, 5.41) is 16.5. The van der Waals surface area contributed by atoms with E-state index in [1.54, 1.807) is 42.8 Å². The van der Waals surface area contributed by atoms with Crippen LogP contribution in [0.5, 0.6) is 0 Å². The molecule has 1 unspecified atom stereocenters. The molecule has 7 nitrogen and oxygen atoms in total. The Labute approximate surface area is 150 Å². The van der Waals surface area contributed by atoms with Crippen LogP contribution in [0.1, 0.15) is 29.5 Å². The summed E-state index contributed by atoms with van der Waals surface area (Å²) in [5.74, 6) is -1.51. The Hall–Kier alpha value is -2.38. The van der Waals surface area contributed by atoms with Gasteiger partial charge >= 0.3 is 5.97 Å². The maximum Gasteiger partial charge on any atom is 0.305 e. The summed E-state index contributed by atoms with van der Waals surface area (Å²) in [5.41, 5.74) is 0.515. The van der Waals surface area contributed by atoms with Crippen molar-refractivity contribution < 1.29 is 19.4 Å². The van der Waals surface area contributed by atoms with Crippen LogP contribution in [0.3, 0.4) is 0 Å². The first-order valence-corrected chi connectivity index (χ1v) is 7.98. The third-order valence-electron chi connectivity index (χ3n) is 3.62. The smallest absolute Gasteiger partial charge is 0.305 e. The number of halogens is 1. The second kappa shape index (κ2) is 7.67. The molecule has 1 aromatic heterocycles. The van der Waals surface area contributed by atoms with Crippen LogP contribution in [0.4, 0.5) is 0 Å². The molecule has 1 heterocycles. The van der Waals surface area contributed by atoms with Crippen molar-refractivity contribution in [3.63, 3.8) is 0 Å². The molecule has 2 rings (SSSR count). The largest absolute Gasteiger partial charge is 0.481 e. The lowest BCUT2D eigenvalue weighted by molar-refractivity contribution is -0.139. The number of ether oxygens (including phenoxy) is 1. The first-order chi connectivity index (χ1) is 11.8. The molecule has 1 amide bonds. The van der Waals surface area contributed by atoms with Gasteiger partial charge < -0.3 is 15.2 Å². The predicted octanol–water partition coefficient (Wildman–Crippen LogP) is 2.44. The van der Waals surface area contributed by atoms with Crippen LogP contribution >= 0.6 is 11.6 Å². The molecule has 0 saturated carbocycles. The number of carboxylic acids is 1. The summed E-state index contributed by atoms with van der Waals surface area (Å²) in [4.78, 5) is 23.6. The molecule has 0 radical (unpaired) electrons. The average molecular weight is 366 g/mol. The van der Waals surface area contributed by atoms with Crippen molar-refractivity contribution >= 4 is 23.5 Å². The van der Waals surface area contributed by atoms with Crippen molar-refractivity contribution in [2.75, 3.05) is 13.7 Å². The van der Waals surface area contributed by atoms with Gasteiger partial charge in [0, 0.05) is 12.8 Å². The summed E-state index contributed by atoms with van der Waals surface area (Å²) in [6.45, 7) is 3.48. The second-order valence-corrected chi connectivity index (χ2v) is 6.46. The fourth-order valence-electron chi connectivity index (χ4n) is 2.57. The minimum atomic E-state index is -1.04. The Kier molecular flexibility index (Phi) is 5.81.